The first-order valence-corrected chi connectivity index (χ1v) is 6.01. The van der Waals surface area contributed by atoms with Gasteiger partial charge in [-0.25, -0.2) is 0 Å². The van der Waals surface area contributed by atoms with E-state index in [0.717, 1.165) is 0 Å². The summed E-state index contributed by atoms with van der Waals surface area (Å²) < 4.78 is 0. The quantitative estimate of drug-likeness (QED) is 0.831. The molecule has 0 aliphatic heterocycles. The number of hydrogen-bond acceptors (Lipinski definition) is 2. The summed E-state index contributed by atoms with van der Waals surface area (Å²) in [5.41, 5.74) is 3.96. The van der Waals surface area contributed by atoms with Crippen LogP contribution in [0, 0.1) is 6.92 Å². The molecule has 1 atom stereocenters. The molecule has 1 N–H and O–H groups in total. The molecule has 0 aliphatic rings. The second-order valence-corrected chi connectivity index (χ2v) is 4.47. The van der Waals surface area contributed by atoms with E-state index in [1.54, 1.807) is 11.3 Å². The molecular formula is C13H15NS. The SMILES string of the molecule is CNC(c1ccc(C)cc1)c1ccsc1. The van der Waals surface area contributed by atoms with Crippen LogP contribution in [0.5, 0.6) is 0 Å². The number of thiophene rings is 1. The second-order valence-electron chi connectivity index (χ2n) is 3.69. The van der Waals surface area contributed by atoms with Crippen LogP contribution in [0.1, 0.15) is 22.7 Å². The van der Waals surface area contributed by atoms with Gasteiger partial charge in [-0.05, 0) is 41.9 Å². The zero-order chi connectivity index (χ0) is 10.7. The minimum Gasteiger partial charge on any atom is -0.309 e. The normalized spacial score (nSPS) is 12.7. The molecule has 78 valence electrons. The number of aryl methyl sites for hydroxylation is 1. The van der Waals surface area contributed by atoms with Crippen LogP contribution < -0.4 is 5.32 Å². The molecule has 0 saturated heterocycles. The Morgan fingerprint density at radius 1 is 1.07 bits per heavy atom. The van der Waals surface area contributed by atoms with E-state index in [1.807, 2.05) is 7.05 Å². The third-order valence-corrected chi connectivity index (χ3v) is 3.28. The lowest BCUT2D eigenvalue weighted by atomic mass is 10.0. The summed E-state index contributed by atoms with van der Waals surface area (Å²) in [6.45, 7) is 2.11. The Morgan fingerprint density at radius 2 is 1.80 bits per heavy atom. The largest absolute Gasteiger partial charge is 0.309 e. The van der Waals surface area contributed by atoms with Gasteiger partial charge >= 0.3 is 0 Å². The van der Waals surface area contributed by atoms with Crippen molar-refractivity contribution in [2.24, 2.45) is 0 Å². The van der Waals surface area contributed by atoms with Crippen LogP contribution in [0.3, 0.4) is 0 Å². The minimum absolute atomic E-state index is 0.317. The van der Waals surface area contributed by atoms with Crippen molar-refractivity contribution in [3.63, 3.8) is 0 Å². The lowest BCUT2D eigenvalue weighted by Crippen LogP contribution is -2.16. The van der Waals surface area contributed by atoms with Crippen LogP contribution in [0.15, 0.2) is 41.1 Å². The maximum Gasteiger partial charge on any atom is 0.0582 e. The van der Waals surface area contributed by atoms with Gasteiger partial charge in [-0.15, -0.1) is 0 Å². The van der Waals surface area contributed by atoms with Gasteiger partial charge in [-0.3, -0.25) is 0 Å². The Kier molecular flexibility index (Phi) is 3.19. The van der Waals surface area contributed by atoms with Crippen molar-refractivity contribution in [3.8, 4) is 0 Å². The average Bonchev–Trinajstić information content (AvgIpc) is 2.75. The van der Waals surface area contributed by atoms with Crippen molar-refractivity contribution in [2.45, 2.75) is 13.0 Å². The van der Waals surface area contributed by atoms with Gasteiger partial charge in [-0.2, -0.15) is 11.3 Å². The van der Waals surface area contributed by atoms with Gasteiger partial charge in [0.05, 0.1) is 6.04 Å². The van der Waals surface area contributed by atoms with E-state index in [-0.39, 0.29) is 0 Å². The molecule has 2 heteroatoms. The van der Waals surface area contributed by atoms with Gasteiger partial charge in [0.2, 0.25) is 0 Å². The van der Waals surface area contributed by atoms with Gasteiger partial charge in [0.15, 0.2) is 0 Å². The zero-order valence-electron chi connectivity index (χ0n) is 9.03. The number of rotatable bonds is 3. The summed E-state index contributed by atoms with van der Waals surface area (Å²) in [6, 6.07) is 11.2. The molecule has 0 radical (unpaired) electrons. The molecule has 0 spiro atoms. The highest BCUT2D eigenvalue weighted by Crippen LogP contribution is 2.23. The highest BCUT2D eigenvalue weighted by atomic mass is 32.1. The lowest BCUT2D eigenvalue weighted by molar-refractivity contribution is 0.694. The number of benzene rings is 1. The van der Waals surface area contributed by atoms with E-state index < -0.39 is 0 Å². The summed E-state index contributed by atoms with van der Waals surface area (Å²) in [6.07, 6.45) is 0. The highest BCUT2D eigenvalue weighted by molar-refractivity contribution is 7.08. The third kappa shape index (κ3) is 2.28. The monoisotopic (exact) mass is 217 g/mol. The predicted molar refractivity (Wildman–Crippen MR) is 66.4 cm³/mol. The smallest absolute Gasteiger partial charge is 0.0582 e. The van der Waals surface area contributed by atoms with Crippen molar-refractivity contribution in [1.29, 1.82) is 0 Å². The van der Waals surface area contributed by atoms with Crippen molar-refractivity contribution >= 4 is 11.3 Å². The molecule has 0 saturated carbocycles. The maximum absolute atomic E-state index is 3.35. The summed E-state index contributed by atoms with van der Waals surface area (Å²) >= 11 is 1.74. The Balaban J connectivity index is 2.31. The van der Waals surface area contributed by atoms with E-state index in [9.17, 15) is 0 Å². The maximum atomic E-state index is 3.35. The van der Waals surface area contributed by atoms with Crippen molar-refractivity contribution in [1.82, 2.24) is 5.32 Å². The predicted octanol–water partition coefficient (Wildman–Crippen LogP) is 3.37. The number of nitrogens with one attached hydrogen (secondary N) is 1. The van der Waals surface area contributed by atoms with Gasteiger partial charge in [-0.1, -0.05) is 29.8 Å². The van der Waals surface area contributed by atoms with E-state index in [1.165, 1.54) is 16.7 Å². The molecular weight excluding hydrogens is 202 g/mol. The standard InChI is InChI=1S/C13H15NS/c1-10-3-5-11(6-4-10)13(14-2)12-7-8-15-9-12/h3-9,13-14H,1-2H3. The summed E-state index contributed by atoms with van der Waals surface area (Å²) in [5.74, 6) is 0. The lowest BCUT2D eigenvalue weighted by Gasteiger charge is -2.15. The summed E-state index contributed by atoms with van der Waals surface area (Å²) in [5, 5.41) is 7.66. The van der Waals surface area contributed by atoms with Crippen molar-refractivity contribution in [3.05, 3.63) is 57.8 Å². The van der Waals surface area contributed by atoms with Crippen LogP contribution in [-0.2, 0) is 0 Å². The van der Waals surface area contributed by atoms with Crippen LogP contribution in [0.4, 0.5) is 0 Å². The Labute approximate surface area is 94.8 Å². The molecule has 1 aromatic heterocycles. The van der Waals surface area contributed by atoms with Gasteiger partial charge < -0.3 is 5.32 Å². The minimum atomic E-state index is 0.317. The van der Waals surface area contributed by atoms with Crippen molar-refractivity contribution in [2.75, 3.05) is 7.05 Å². The van der Waals surface area contributed by atoms with Gasteiger partial charge in [0.1, 0.15) is 0 Å². The molecule has 1 unspecified atom stereocenters. The molecule has 2 aromatic rings. The fourth-order valence-electron chi connectivity index (χ4n) is 1.72. The average molecular weight is 217 g/mol. The molecule has 0 fully saturated rings. The topological polar surface area (TPSA) is 12.0 Å². The number of hydrogen-bond donors (Lipinski definition) is 1. The van der Waals surface area contributed by atoms with E-state index in [4.69, 9.17) is 0 Å². The molecule has 15 heavy (non-hydrogen) atoms. The first kappa shape index (κ1) is 10.4. The molecule has 0 bridgehead atoms. The molecule has 1 heterocycles. The summed E-state index contributed by atoms with van der Waals surface area (Å²) in [4.78, 5) is 0. The summed E-state index contributed by atoms with van der Waals surface area (Å²) in [7, 11) is 2.00. The van der Waals surface area contributed by atoms with Crippen LogP contribution in [0.25, 0.3) is 0 Å². The second kappa shape index (κ2) is 4.60. The van der Waals surface area contributed by atoms with Crippen molar-refractivity contribution < 1.29 is 0 Å². The first-order chi connectivity index (χ1) is 7.31. The van der Waals surface area contributed by atoms with E-state index >= 15 is 0 Å². The fourth-order valence-corrected chi connectivity index (χ4v) is 2.41. The fraction of sp³-hybridized carbons (Fsp3) is 0.231. The zero-order valence-corrected chi connectivity index (χ0v) is 9.84. The van der Waals surface area contributed by atoms with Crippen LogP contribution in [-0.4, -0.2) is 7.05 Å². The molecule has 1 aromatic carbocycles. The van der Waals surface area contributed by atoms with Gasteiger partial charge in [0, 0.05) is 0 Å². The Bertz CT molecular complexity index is 403. The van der Waals surface area contributed by atoms with Gasteiger partial charge in [0.25, 0.3) is 0 Å². The third-order valence-electron chi connectivity index (χ3n) is 2.58. The van der Waals surface area contributed by atoms with E-state index in [0.29, 0.717) is 6.04 Å². The molecule has 1 nitrogen and oxygen atoms in total. The highest BCUT2D eigenvalue weighted by Gasteiger charge is 2.11. The Morgan fingerprint density at radius 3 is 2.33 bits per heavy atom. The molecule has 2 rings (SSSR count). The van der Waals surface area contributed by atoms with Crippen LogP contribution >= 0.6 is 11.3 Å². The molecule has 0 amide bonds. The molecule has 0 aliphatic carbocycles. The van der Waals surface area contributed by atoms with Crippen LogP contribution in [0.2, 0.25) is 0 Å². The Hall–Kier alpha value is -1.12. The van der Waals surface area contributed by atoms with E-state index in [2.05, 4.69) is 53.3 Å². The first-order valence-electron chi connectivity index (χ1n) is 5.07.